The third-order valence-corrected chi connectivity index (χ3v) is 13.3. The molecule has 0 radical (unpaired) electrons. The highest BCUT2D eigenvalue weighted by atomic mass is 35.5. The van der Waals surface area contributed by atoms with Crippen LogP contribution in [0.1, 0.15) is 58.1 Å². The molecule has 8 aromatic rings. The number of anilines is 2. The molecule has 2 aromatic carbocycles. The molecule has 0 bridgehead atoms. The lowest BCUT2D eigenvalue weighted by Gasteiger charge is -2.14. The van der Waals surface area contributed by atoms with Gasteiger partial charge in [0.05, 0.1) is 75.1 Å². The standard InChI is InChI=1S/C20H11Cl2F3N4O4S.C20H11Cl2F3N4O3S.2CH4/c21-13-4-3-10(8-12(13)20(23,24)25)34(32,33)28-15-2-1-6-26-17(15)18(30)16-11-5-7-27-19(11)29(31)9-14(16)22;21-13-4-3-10(8-12(13)20(23,24)25)33(31,32)29-15-2-1-6-26-17(15)18(30)16-11-5-7-27-19(11)28-9-14(16)22;;/h1-9,31H,(H,28,30);1-9,29H,(H,27,28);2*1H4/p+1. The van der Waals surface area contributed by atoms with Gasteiger partial charge < -0.3 is 10.2 Å². The molecule has 0 atom stereocenters. The van der Waals surface area contributed by atoms with Crippen molar-refractivity contribution in [1.82, 2.24) is 24.9 Å². The molecule has 0 aliphatic carbocycles. The minimum Gasteiger partial charge on any atom is -0.350 e. The van der Waals surface area contributed by atoms with Crippen LogP contribution < -0.4 is 14.2 Å². The molecular formula is C42H31Cl4F6N8O7S2+. The van der Waals surface area contributed by atoms with Gasteiger partial charge in [0.1, 0.15) is 17.0 Å². The topological polar surface area (TPSA) is 221 Å². The van der Waals surface area contributed by atoms with Crippen LogP contribution >= 0.6 is 46.4 Å². The van der Waals surface area contributed by atoms with Gasteiger partial charge in [0.2, 0.25) is 11.6 Å². The fraction of sp³-hybridized carbons (Fsp3) is 0.0952. The van der Waals surface area contributed by atoms with Crippen molar-refractivity contribution < 1.29 is 62.7 Å². The highest BCUT2D eigenvalue weighted by Gasteiger charge is 2.36. The van der Waals surface area contributed by atoms with Gasteiger partial charge in [-0.25, -0.2) is 26.8 Å². The number of rotatable bonds is 10. The number of carbonyl (C=O) groups excluding carboxylic acids is 2. The summed E-state index contributed by atoms with van der Waals surface area (Å²) < 4.78 is 135. The second-order valence-corrected chi connectivity index (χ2v) is 18.6. The molecule has 27 heteroatoms. The first-order valence-corrected chi connectivity index (χ1v) is 22.7. The van der Waals surface area contributed by atoms with E-state index in [1.54, 1.807) is 12.3 Å². The van der Waals surface area contributed by atoms with Gasteiger partial charge in [-0.05, 0) is 77.5 Å². The molecule has 0 fully saturated rings. The number of carbonyl (C=O) groups is 2. The molecule has 0 saturated heterocycles. The second-order valence-electron chi connectivity index (χ2n) is 13.6. The van der Waals surface area contributed by atoms with Crippen LogP contribution in [0.5, 0.6) is 0 Å². The molecule has 0 unspecified atom stereocenters. The molecule has 15 nitrogen and oxygen atoms in total. The number of hydrogen-bond acceptors (Lipinski definition) is 10. The Hall–Kier alpha value is -6.50. The van der Waals surface area contributed by atoms with E-state index >= 15 is 0 Å². The van der Waals surface area contributed by atoms with Gasteiger partial charge in [-0.3, -0.25) is 29.0 Å². The van der Waals surface area contributed by atoms with E-state index in [0.717, 1.165) is 30.5 Å². The number of fused-ring (bicyclic) bond motifs is 2. The molecule has 0 saturated carbocycles. The van der Waals surface area contributed by atoms with Crippen LogP contribution in [-0.2, 0) is 32.4 Å². The summed E-state index contributed by atoms with van der Waals surface area (Å²) in [4.78, 5) is 42.7. The molecule has 6 aromatic heterocycles. The lowest BCUT2D eigenvalue weighted by atomic mass is 10.0. The average Bonchev–Trinajstić information content (AvgIpc) is 3.94. The van der Waals surface area contributed by atoms with E-state index in [1.807, 2.05) is 0 Å². The predicted molar refractivity (Wildman–Crippen MR) is 245 cm³/mol. The maximum atomic E-state index is 13.3. The Morgan fingerprint density at radius 3 is 1.54 bits per heavy atom. The summed E-state index contributed by atoms with van der Waals surface area (Å²) in [7, 11) is -9.13. The van der Waals surface area contributed by atoms with Crippen LogP contribution in [-0.4, -0.2) is 58.5 Å². The van der Waals surface area contributed by atoms with Gasteiger partial charge in [-0.15, -0.1) is 0 Å². The molecule has 0 aliphatic heterocycles. The SMILES string of the molecule is C.C.O=C(c1ncccc1NS(=O)(=O)c1ccc(Cl)c(C(F)(F)F)c1)c1c(Cl)c[n+](O)c2[nH]ccc12.O=C(c1ncccc1NS(=O)(=O)c1ccc(Cl)c(C(F)(F)F)c1)c1c(Cl)cnc2[nH]ccc12. The van der Waals surface area contributed by atoms with Crippen LogP contribution in [0.4, 0.5) is 37.7 Å². The number of aromatic nitrogens is 6. The van der Waals surface area contributed by atoms with Crippen LogP contribution in [0, 0.1) is 0 Å². The number of ketones is 2. The Morgan fingerprint density at radius 2 is 1.06 bits per heavy atom. The number of benzene rings is 2. The first kappa shape index (κ1) is 53.5. The zero-order chi connectivity index (χ0) is 48.8. The summed E-state index contributed by atoms with van der Waals surface area (Å²) >= 11 is 23.5. The normalized spacial score (nSPS) is 11.8. The summed E-state index contributed by atoms with van der Waals surface area (Å²) in [6.45, 7) is 0. The Bertz CT molecular complexity index is 3520. The van der Waals surface area contributed by atoms with E-state index in [2.05, 4.69) is 34.4 Å². The maximum Gasteiger partial charge on any atom is 0.417 e. The molecular weight excluding hydrogens is 1050 g/mol. The van der Waals surface area contributed by atoms with Gasteiger partial charge in [-0.1, -0.05) is 61.3 Å². The molecule has 69 heavy (non-hydrogen) atoms. The van der Waals surface area contributed by atoms with Crippen molar-refractivity contribution in [2.24, 2.45) is 0 Å². The summed E-state index contributed by atoms with van der Waals surface area (Å²) in [5.41, 5.74) is -3.37. The van der Waals surface area contributed by atoms with Crippen molar-refractivity contribution in [2.75, 3.05) is 9.44 Å². The third-order valence-electron chi connectivity index (χ3n) is 9.33. The Morgan fingerprint density at radius 1 is 0.609 bits per heavy atom. The molecule has 0 spiro atoms. The smallest absolute Gasteiger partial charge is 0.350 e. The zero-order valence-electron chi connectivity index (χ0n) is 32.7. The molecule has 0 aliphatic rings. The van der Waals surface area contributed by atoms with Crippen LogP contribution in [0.3, 0.4) is 0 Å². The summed E-state index contributed by atoms with van der Waals surface area (Å²) in [5, 5.41) is 9.11. The number of nitrogens with zero attached hydrogens (tertiary/aromatic N) is 4. The largest absolute Gasteiger partial charge is 0.417 e. The Balaban J connectivity index is 0.000000250. The summed E-state index contributed by atoms with van der Waals surface area (Å²) in [5.74, 6) is -1.50. The Labute approximate surface area is 407 Å². The van der Waals surface area contributed by atoms with Gasteiger partial charge in [0, 0.05) is 30.2 Å². The summed E-state index contributed by atoms with van der Waals surface area (Å²) in [6.07, 6.45) is -1.94. The number of aromatic amines is 2. The zero-order valence-corrected chi connectivity index (χ0v) is 37.3. The monoisotopic (exact) mass is 1080 g/mol. The van der Waals surface area contributed by atoms with Crippen molar-refractivity contribution >= 4 is 111 Å². The minimum atomic E-state index is -4.88. The van der Waals surface area contributed by atoms with Gasteiger partial charge >= 0.3 is 18.0 Å². The van der Waals surface area contributed by atoms with E-state index in [0.29, 0.717) is 27.9 Å². The van der Waals surface area contributed by atoms with E-state index in [9.17, 15) is 58.0 Å². The van der Waals surface area contributed by atoms with Crippen LogP contribution in [0.15, 0.2) is 120 Å². The minimum absolute atomic E-state index is 0. The average molecular weight is 1080 g/mol. The highest BCUT2D eigenvalue weighted by molar-refractivity contribution is 7.93. The lowest BCUT2D eigenvalue weighted by molar-refractivity contribution is -0.885. The van der Waals surface area contributed by atoms with Crippen molar-refractivity contribution in [3.8, 4) is 0 Å². The maximum absolute atomic E-state index is 13.3. The molecule has 362 valence electrons. The second kappa shape index (κ2) is 20.2. The Kier molecular flexibility index (Phi) is 15.7. The predicted octanol–water partition coefficient (Wildman–Crippen LogP) is 11.0. The van der Waals surface area contributed by atoms with E-state index in [1.165, 1.54) is 55.1 Å². The first-order valence-electron chi connectivity index (χ1n) is 18.2. The lowest BCUT2D eigenvalue weighted by Crippen LogP contribution is -2.31. The summed E-state index contributed by atoms with van der Waals surface area (Å²) in [6, 6.07) is 12.5. The first-order chi connectivity index (χ1) is 31.4. The van der Waals surface area contributed by atoms with Crippen molar-refractivity contribution in [3.05, 3.63) is 164 Å². The number of pyridine rings is 4. The van der Waals surface area contributed by atoms with Crippen LogP contribution in [0.25, 0.3) is 22.1 Å². The van der Waals surface area contributed by atoms with E-state index < -0.39 is 74.9 Å². The number of nitrogens with one attached hydrogen (secondary N) is 4. The van der Waals surface area contributed by atoms with Crippen LogP contribution in [0.2, 0.25) is 20.1 Å². The molecule has 0 amide bonds. The van der Waals surface area contributed by atoms with Crippen molar-refractivity contribution in [2.45, 2.75) is 37.0 Å². The van der Waals surface area contributed by atoms with Gasteiger partial charge in [0.15, 0.2) is 6.20 Å². The quantitative estimate of drug-likeness (QED) is 0.0377. The van der Waals surface area contributed by atoms with Crippen molar-refractivity contribution in [1.29, 1.82) is 0 Å². The molecule has 8 rings (SSSR count). The molecule has 6 heterocycles. The number of H-pyrrole nitrogens is 2. The number of alkyl halides is 6. The number of hydrogen-bond donors (Lipinski definition) is 5. The number of sulfonamides is 2. The van der Waals surface area contributed by atoms with Gasteiger partial charge in [-0.2, -0.15) is 26.3 Å². The van der Waals surface area contributed by atoms with Gasteiger partial charge in [0.25, 0.3) is 20.0 Å². The van der Waals surface area contributed by atoms with Crippen molar-refractivity contribution in [3.63, 3.8) is 0 Å². The fourth-order valence-corrected chi connectivity index (χ4v) is 9.47. The molecule has 5 N–H and O–H groups in total. The highest BCUT2D eigenvalue weighted by Crippen LogP contribution is 2.38. The fourth-order valence-electron chi connectivity index (χ4n) is 6.32. The van der Waals surface area contributed by atoms with E-state index in [4.69, 9.17) is 46.4 Å². The van der Waals surface area contributed by atoms with E-state index in [-0.39, 0.29) is 69.8 Å². The third kappa shape index (κ3) is 11.0. The number of halogens is 10.